The molecule has 0 aliphatic carbocycles. The van der Waals surface area contributed by atoms with Crippen LogP contribution in [0, 0.1) is 16.7 Å². The third-order valence-electron chi connectivity index (χ3n) is 7.87. The number of amidine groups is 1. The van der Waals surface area contributed by atoms with E-state index in [1.165, 1.54) is 0 Å². The summed E-state index contributed by atoms with van der Waals surface area (Å²) < 4.78 is 0. The number of rotatable bonds is 5. The molecule has 1 amide bonds. The molecule has 5 rings (SSSR count). The molecule has 2 aromatic rings. The Hall–Kier alpha value is -4.20. The zero-order valence-electron chi connectivity index (χ0n) is 26.7. The van der Waals surface area contributed by atoms with Gasteiger partial charge < -0.3 is 15.1 Å². The number of hydrazone groups is 1. The number of piperidine rings is 1. The quantitative estimate of drug-likeness (QED) is 0.230. The van der Waals surface area contributed by atoms with Crippen LogP contribution in [0.1, 0.15) is 59.6 Å². The van der Waals surface area contributed by atoms with Crippen LogP contribution in [0.2, 0.25) is 0 Å². The largest absolute Gasteiger partial charge is 0.383 e. The first-order valence-electron chi connectivity index (χ1n) is 15.5. The lowest BCUT2D eigenvalue weighted by Gasteiger charge is -2.32. The molecule has 0 spiro atoms. The summed E-state index contributed by atoms with van der Waals surface area (Å²) in [7, 11) is 2.05. The molecule has 3 aliphatic rings. The van der Waals surface area contributed by atoms with Crippen LogP contribution in [0.25, 0.3) is 10.9 Å². The average Bonchev–Trinajstić information content (AvgIpc) is 3.21. The van der Waals surface area contributed by atoms with Gasteiger partial charge in [-0.2, -0.15) is 5.10 Å². The van der Waals surface area contributed by atoms with E-state index in [4.69, 9.17) is 10.4 Å². The van der Waals surface area contributed by atoms with E-state index in [1.54, 1.807) is 11.1 Å². The zero-order chi connectivity index (χ0) is 31.1. The number of fused-ring (bicyclic) bond motifs is 1. The number of anilines is 1. The molecule has 2 N–H and O–H groups in total. The van der Waals surface area contributed by atoms with Crippen molar-refractivity contribution in [2.24, 2.45) is 16.4 Å². The fourth-order valence-electron chi connectivity index (χ4n) is 5.35. The van der Waals surface area contributed by atoms with Gasteiger partial charge in [0, 0.05) is 44.2 Å². The summed E-state index contributed by atoms with van der Waals surface area (Å²) in [4.78, 5) is 21.6. The minimum atomic E-state index is 0.00198. The van der Waals surface area contributed by atoms with Gasteiger partial charge in [0.15, 0.2) is 5.84 Å². The number of para-hydroxylation sites is 1. The Morgan fingerprint density at radius 1 is 1.14 bits per heavy atom. The summed E-state index contributed by atoms with van der Waals surface area (Å²) in [6.45, 7) is 17.8. The molecule has 0 saturated carbocycles. The average molecular weight is 582 g/mol. The first-order chi connectivity index (χ1) is 20.6. The number of benzene rings is 1. The third-order valence-corrected chi connectivity index (χ3v) is 7.87. The van der Waals surface area contributed by atoms with Crippen molar-refractivity contribution in [1.82, 2.24) is 19.8 Å². The lowest BCUT2D eigenvalue weighted by atomic mass is 9.95. The van der Waals surface area contributed by atoms with Crippen molar-refractivity contribution in [3.63, 3.8) is 0 Å². The number of likely N-dealkylation sites (tertiary alicyclic amines) is 1. The van der Waals surface area contributed by atoms with E-state index in [-0.39, 0.29) is 17.2 Å². The van der Waals surface area contributed by atoms with E-state index >= 15 is 0 Å². The van der Waals surface area contributed by atoms with Gasteiger partial charge in [-0.1, -0.05) is 77.6 Å². The predicted molar refractivity (Wildman–Crippen MR) is 179 cm³/mol. The fourth-order valence-corrected chi connectivity index (χ4v) is 5.35. The minimum Gasteiger partial charge on any atom is -0.383 e. The van der Waals surface area contributed by atoms with Crippen LogP contribution < -0.4 is 5.32 Å². The standard InChI is InChI=1S/C33H41N7O.C2H6/c1-23-26-10-6-7-18-38(5)29(26)22-36-40(23)32(34)28-13-12-25-9-8-11-27(31(25)37-28)35-21-24-15-19-39(20-16-24)30(41)14-17-33(2,3)4;1-2/h6,8-14,17,22,24,34-35H,1,7,15-16,18-21H2,2-5H3;1-2H3/b17-14-,34-32?;. The van der Waals surface area contributed by atoms with E-state index in [2.05, 4.69) is 61.9 Å². The Labute approximate surface area is 257 Å². The van der Waals surface area contributed by atoms with Crippen LogP contribution in [0.5, 0.6) is 0 Å². The Balaban J connectivity index is 0.00000207. The molecule has 0 bridgehead atoms. The van der Waals surface area contributed by atoms with Crippen LogP contribution in [0.4, 0.5) is 5.69 Å². The van der Waals surface area contributed by atoms with Crippen molar-refractivity contribution < 1.29 is 4.79 Å². The number of pyridine rings is 1. The molecule has 3 aliphatic heterocycles. The van der Waals surface area contributed by atoms with Gasteiger partial charge >= 0.3 is 0 Å². The lowest BCUT2D eigenvalue weighted by molar-refractivity contribution is -0.127. The summed E-state index contributed by atoms with van der Waals surface area (Å²) >= 11 is 0. The number of allylic oxidation sites excluding steroid dienone is 3. The van der Waals surface area contributed by atoms with Gasteiger partial charge in [-0.25, -0.2) is 9.99 Å². The van der Waals surface area contributed by atoms with Crippen LogP contribution in [0.15, 0.2) is 83.3 Å². The van der Waals surface area contributed by atoms with E-state index in [1.807, 2.05) is 61.4 Å². The number of aromatic nitrogens is 1. The summed E-state index contributed by atoms with van der Waals surface area (Å²) in [5.41, 5.74) is 4.98. The number of hydrogen-bond acceptors (Lipinski definition) is 6. The highest BCUT2D eigenvalue weighted by Crippen LogP contribution is 2.29. The number of nitrogens with zero attached hydrogens (tertiary/aromatic N) is 5. The van der Waals surface area contributed by atoms with Gasteiger partial charge in [-0.15, -0.1) is 0 Å². The van der Waals surface area contributed by atoms with Crippen molar-refractivity contribution in [3.8, 4) is 0 Å². The molecule has 4 heterocycles. The molecule has 228 valence electrons. The molecular formula is C35H47N7O. The molecule has 1 fully saturated rings. The molecule has 8 nitrogen and oxygen atoms in total. The molecule has 1 aromatic carbocycles. The molecule has 1 saturated heterocycles. The zero-order valence-corrected chi connectivity index (χ0v) is 26.7. The van der Waals surface area contributed by atoms with E-state index in [9.17, 15) is 4.79 Å². The summed E-state index contributed by atoms with van der Waals surface area (Å²) in [6.07, 6.45) is 12.6. The predicted octanol–water partition coefficient (Wildman–Crippen LogP) is 6.80. The van der Waals surface area contributed by atoms with Crippen LogP contribution in [-0.2, 0) is 4.79 Å². The molecule has 8 heteroatoms. The number of hydrogen-bond donors (Lipinski definition) is 2. The van der Waals surface area contributed by atoms with Gasteiger partial charge in [0.1, 0.15) is 5.69 Å². The topological polar surface area (TPSA) is 87.9 Å². The SMILES string of the molecule is C=C1C2=C(C=NN1C(=N)c1ccc3cccc(NCC4CCN(C(=O)/C=C\C(C)(C)C)CC4)c3n1)N(C)CCC=C2.CC. The third kappa shape index (κ3) is 7.61. The first kappa shape index (κ1) is 31.7. The van der Waals surface area contributed by atoms with Gasteiger partial charge in [0.05, 0.1) is 28.8 Å². The van der Waals surface area contributed by atoms with Crippen LogP contribution >= 0.6 is 0 Å². The van der Waals surface area contributed by atoms with Gasteiger partial charge in [0.2, 0.25) is 5.91 Å². The van der Waals surface area contributed by atoms with Crippen molar-refractivity contribution >= 4 is 34.5 Å². The minimum absolute atomic E-state index is 0.00198. The Bertz CT molecular complexity index is 1470. The normalized spacial score (nSPS) is 17.6. The summed E-state index contributed by atoms with van der Waals surface area (Å²) in [5.74, 6) is 0.767. The van der Waals surface area contributed by atoms with E-state index in [0.29, 0.717) is 17.3 Å². The first-order valence-corrected chi connectivity index (χ1v) is 15.5. The number of nitrogens with one attached hydrogen (secondary N) is 2. The maximum Gasteiger partial charge on any atom is 0.246 e. The maximum absolute atomic E-state index is 12.6. The number of carbonyl (C=O) groups is 1. The number of amides is 1. The van der Waals surface area contributed by atoms with E-state index in [0.717, 1.165) is 73.3 Å². The second-order valence-electron chi connectivity index (χ2n) is 12.2. The van der Waals surface area contributed by atoms with Gasteiger partial charge in [0.25, 0.3) is 0 Å². The molecule has 0 atom stereocenters. The Kier molecular flexibility index (Phi) is 10.2. The highest BCUT2D eigenvalue weighted by atomic mass is 16.2. The van der Waals surface area contributed by atoms with Gasteiger partial charge in [-0.3, -0.25) is 10.2 Å². The fraction of sp³-hybridized carbons (Fsp3) is 0.429. The van der Waals surface area contributed by atoms with Crippen molar-refractivity contribution in [3.05, 3.63) is 83.9 Å². The molecule has 43 heavy (non-hydrogen) atoms. The monoisotopic (exact) mass is 581 g/mol. The van der Waals surface area contributed by atoms with Crippen molar-refractivity contribution in [2.75, 3.05) is 38.5 Å². The Morgan fingerprint density at radius 2 is 1.88 bits per heavy atom. The maximum atomic E-state index is 12.6. The van der Waals surface area contributed by atoms with Crippen molar-refractivity contribution in [2.45, 2.75) is 53.9 Å². The molecule has 0 unspecified atom stereocenters. The second-order valence-corrected chi connectivity index (χ2v) is 12.2. The Morgan fingerprint density at radius 3 is 2.60 bits per heavy atom. The highest BCUT2D eigenvalue weighted by molar-refractivity contribution is 6.01. The second kappa shape index (κ2) is 13.8. The molecule has 1 aromatic heterocycles. The summed E-state index contributed by atoms with van der Waals surface area (Å²) in [6, 6.07) is 9.99. The van der Waals surface area contributed by atoms with Crippen LogP contribution in [0.3, 0.4) is 0 Å². The number of carbonyl (C=O) groups excluding carboxylic acids is 1. The van der Waals surface area contributed by atoms with Crippen LogP contribution in [-0.4, -0.2) is 71.0 Å². The summed E-state index contributed by atoms with van der Waals surface area (Å²) in [5, 5.41) is 19.7. The highest BCUT2D eigenvalue weighted by Gasteiger charge is 2.26. The van der Waals surface area contributed by atoms with E-state index < -0.39 is 0 Å². The molecular weight excluding hydrogens is 534 g/mol. The lowest BCUT2D eigenvalue weighted by Crippen LogP contribution is -2.39. The molecule has 0 radical (unpaired) electrons. The van der Waals surface area contributed by atoms with Crippen molar-refractivity contribution in [1.29, 1.82) is 5.41 Å². The van der Waals surface area contributed by atoms with Gasteiger partial charge in [-0.05, 0) is 48.8 Å². The smallest absolute Gasteiger partial charge is 0.246 e.